The van der Waals surface area contributed by atoms with Crippen LogP contribution in [-0.4, -0.2) is 60.7 Å². The second-order valence-electron chi connectivity index (χ2n) is 10.6. The smallest absolute Gasteiger partial charge is 0.251 e. The molecule has 1 aliphatic carbocycles. The Labute approximate surface area is 227 Å². The lowest BCUT2D eigenvalue weighted by Crippen LogP contribution is -2.52. The van der Waals surface area contributed by atoms with Crippen LogP contribution in [0.5, 0.6) is 0 Å². The van der Waals surface area contributed by atoms with Gasteiger partial charge in [0.25, 0.3) is 5.91 Å². The van der Waals surface area contributed by atoms with Crippen LogP contribution in [0.15, 0.2) is 65.7 Å². The van der Waals surface area contributed by atoms with Gasteiger partial charge in [-0.05, 0) is 73.9 Å². The molecule has 2 fully saturated rings. The molecule has 39 heavy (non-hydrogen) atoms. The maximum absolute atomic E-state index is 12.8. The van der Waals surface area contributed by atoms with Gasteiger partial charge < -0.3 is 15.5 Å². The Kier molecular flexibility index (Phi) is 6.31. The quantitative estimate of drug-likeness (QED) is 0.381. The molecular formula is C29H30N6O3S. The topological polar surface area (TPSA) is 117 Å². The molecule has 1 saturated heterocycles. The first kappa shape index (κ1) is 25.4. The van der Waals surface area contributed by atoms with Crippen molar-refractivity contribution in [1.82, 2.24) is 25.6 Å². The van der Waals surface area contributed by atoms with E-state index in [1.165, 1.54) is 18.9 Å². The number of hydrogen-bond donors (Lipinski definition) is 2. The number of sulfone groups is 1. The second kappa shape index (κ2) is 9.69. The summed E-state index contributed by atoms with van der Waals surface area (Å²) in [7, 11) is -3.42. The van der Waals surface area contributed by atoms with Crippen molar-refractivity contribution in [3.05, 3.63) is 77.6 Å². The predicted octanol–water partition coefficient (Wildman–Crippen LogP) is 3.28. The van der Waals surface area contributed by atoms with E-state index in [0.717, 1.165) is 54.0 Å². The van der Waals surface area contributed by atoms with Gasteiger partial charge in [0.2, 0.25) is 0 Å². The van der Waals surface area contributed by atoms with Crippen molar-refractivity contribution < 1.29 is 13.2 Å². The number of rotatable bonds is 6. The third-order valence-corrected chi connectivity index (χ3v) is 8.44. The number of anilines is 1. The van der Waals surface area contributed by atoms with Gasteiger partial charge in [-0.15, -0.1) is 0 Å². The summed E-state index contributed by atoms with van der Waals surface area (Å²) in [5.74, 6) is 0.601. The number of benzene rings is 1. The molecule has 0 radical (unpaired) electrons. The van der Waals surface area contributed by atoms with Crippen molar-refractivity contribution in [2.75, 3.05) is 30.8 Å². The molecule has 1 amide bonds. The number of hydrogen-bond acceptors (Lipinski definition) is 8. The van der Waals surface area contributed by atoms with Gasteiger partial charge in [0.05, 0.1) is 34.0 Å². The van der Waals surface area contributed by atoms with Crippen molar-refractivity contribution in [1.29, 1.82) is 0 Å². The number of nitrogens with one attached hydrogen (secondary N) is 2. The first-order valence-corrected chi connectivity index (χ1v) is 14.9. The van der Waals surface area contributed by atoms with E-state index in [4.69, 9.17) is 9.97 Å². The minimum absolute atomic E-state index is 0.120. The van der Waals surface area contributed by atoms with Crippen LogP contribution in [0.2, 0.25) is 0 Å². The molecular weight excluding hydrogens is 512 g/mol. The Morgan fingerprint density at radius 1 is 1.08 bits per heavy atom. The molecule has 1 saturated carbocycles. The first-order valence-electron chi connectivity index (χ1n) is 13.0. The number of piperazine rings is 1. The van der Waals surface area contributed by atoms with E-state index in [9.17, 15) is 13.2 Å². The Bertz CT molecular complexity index is 1700. The normalized spacial score (nSPS) is 16.4. The highest BCUT2D eigenvalue weighted by molar-refractivity contribution is 7.90. The molecule has 9 nitrogen and oxygen atoms in total. The number of aryl methyl sites for hydroxylation is 1. The van der Waals surface area contributed by atoms with E-state index in [2.05, 4.69) is 26.6 Å². The average molecular weight is 543 g/mol. The number of carbonyl (C=O) groups excluding carboxylic acids is 1. The number of pyridine rings is 3. The third kappa shape index (κ3) is 5.48. The Morgan fingerprint density at radius 2 is 1.90 bits per heavy atom. The number of aromatic nitrogens is 3. The minimum Gasteiger partial charge on any atom is -0.353 e. The van der Waals surface area contributed by atoms with Crippen LogP contribution in [0, 0.1) is 6.92 Å². The fourth-order valence-electron chi connectivity index (χ4n) is 5.04. The Hall–Kier alpha value is -3.89. The van der Waals surface area contributed by atoms with Gasteiger partial charge in [0, 0.05) is 48.6 Å². The Morgan fingerprint density at radius 3 is 2.69 bits per heavy atom. The zero-order valence-electron chi connectivity index (χ0n) is 21.9. The standard InChI is InChI=1S/C29H30N6O3S/c1-19-12-21(14-23(13-19)39(2,37)38)28(36)31-17-22-15-26-20(16-30-22)6-7-25(33-26)24-4-3-5-27(34-24)35-11-10-32-29(18-35)8-9-29/h3-7,12-16,32H,8-11,17-18H2,1-2H3,(H,31,36). The minimum atomic E-state index is -3.42. The van der Waals surface area contributed by atoms with Crippen LogP contribution in [-0.2, 0) is 16.4 Å². The summed E-state index contributed by atoms with van der Waals surface area (Å²) in [6, 6.07) is 16.5. The SMILES string of the molecule is Cc1cc(C(=O)NCc2cc3nc(-c4cccc(N5CCNC6(CC6)C5)n4)ccc3cn2)cc(S(C)(=O)=O)c1. The van der Waals surface area contributed by atoms with E-state index in [0.29, 0.717) is 16.8 Å². The lowest BCUT2D eigenvalue weighted by Gasteiger charge is -2.35. The molecule has 1 spiro atoms. The van der Waals surface area contributed by atoms with Gasteiger partial charge in [-0.2, -0.15) is 0 Å². The fourth-order valence-corrected chi connectivity index (χ4v) is 5.78. The molecule has 1 aliphatic heterocycles. The van der Waals surface area contributed by atoms with Gasteiger partial charge in [-0.25, -0.2) is 18.4 Å². The summed E-state index contributed by atoms with van der Waals surface area (Å²) in [6.07, 6.45) is 5.31. The number of carbonyl (C=O) groups is 1. The van der Waals surface area contributed by atoms with Crippen LogP contribution in [0.1, 0.15) is 34.5 Å². The fraction of sp³-hybridized carbons (Fsp3) is 0.310. The maximum atomic E-state index is 12.8. The Balaban J connectivity index is 1.20. The van der Waals surface area contributed by atoms with E-state index < -0.39 is 9.84 Å². The maximum Gasteiger partial charge on any atom is 0.251 e. The molecule has 200 valence electrons. The van der Waals surface area contributed by atoms with Crippen molar-refractivity contribution >= 4 is 32.5 Å². The molecule has 4 aromatic rings. The van der Waals surface area contributed by atoms with Gasteiger partial charge in [0.15, 0.2) is 9.84 Å². The summed E-state index contributed by atoms with van der Waals surface area (Å²) in [4.78, 5) is 29.5. The van der Waals surface area contributed by atoms with Crippen LogP contribution in [0.25, 0.3) is 22.3 Å². The molecule has 0 unspecified atom stereocenters. The summed E-state index contributed by atoms with van der Waals surface area (Å²) >= 11 is 0. The first-order chi connectivity index (χ1) is 18.7. The van der Waals surface area contributed by atoms with Gasteiger partial charge in [-0.3, -0.25) is 9.78 Å². The van der Waals surface area contributed by atoms with Crippen molar-refractivity contribution in [3.63, 3.8) is 0 Å². The van der Waals surface area contributed by atoms with Crippen LogP contribution < -0.4 is 15.5 Å². The molecule has 6 rings (SSSR count). The highest BCUT2D eigenvalue weighted by Gasteiger charge is 2.45. The monoisotopic (exact) mass is 542 g/mol. The predicted molar refractivity (Wildman–Crippen MR) is 150 cm³/mol. The summed E-state index contributed by atoms with van der Waals surface area (Å²) in [6.45, 7) is 4.82. The van der Waals surface area contributed by atoms with Crippen molar-refractivity contribution in [2.45, 2.75) is 36.7 Å². The number of amides is 1. The summed E-state index contributed by atoms with van der Waals surface area (Å²) in [5, 5.41) is 7.37. The van der Waals surface area contributed by atoms with Gasteiger partial charge in [0.1, 0.15) is 5.82 Å². The molecule has 2 aliphatic rings. The number of nitrogens with zero attached hydrogens (tertiary/aromatic N) is 4. The van der Waals surface area contributed by atoms with Gasteiger partial charge >= 0.3 is 0 Å². The van der Waals surface area contributed by atoms with E-state index in [-0.39, 0.29) is 22.9 Å². The third-order valence-electron chi connectivity index (χ3n) is 7.35. The highest BCUT2D eigenvalue weighted by Crippen LogP contribution is 2.38. The second-order valence-corrected chi connectivity index (χ2v) is 12.6. The molecule has 10 heteroatoms. The largest absolute Gasteiger partial charge is 0.353 e. The van der Waals surface area contributed by atoms with E-state index in [1.807, 2.05) is 30.3 Å². The molecule has 4 heterocycles. The van der Waals surface area contributed by atoms with E-state index in [1.54, 1.807) is 25.3 Å². The molecule has 2 N–H and O–H groups in total. The van der Waals surface area contributed by atoms with Crippen molar-refractivity contribution in [2.24, 2.45) is 0 Å². The summed E-state index contributed by atoms with van der Waals surface area (Å²) in [5.41, 5.74) is 4.25. The van der Waals surface area contributed by atoms with Crippen LogP contribution in [0.3, 0.4) is 0 Å². The highest BCUT2D eigenvalue weighted by atomic mass is 32.2. The van der Waals surface area contributed by atoms with Crippen molar-refractivity contribution in [3.8, 4) is 11.4 Å². The molecule has 0 bridgehead atoms. The zero-order valence-corrected chi connectivity index (χ0v) is 22.8. The molecule has 3 aromatic heterocycles. The lowest BCUT2D eigenvalue weighted by atomic mass is 10.1. The van der Waals surface area contributed by atoms with E-state index >= 15 is 0 Å². The lowest BCUT2D eigenvalue weighted by molar-refractivity contribution is 0.0950. The summed E-state index contributed by atoms with van der Waals surface area (Å²) < 4.78 is 23.9. The van der Waals surface area contributed by atoms with Crippen LogP contribution >= 0.6 is 0 Å². The van der Waals surface area contributed by atoms with Crippen LogP contribution in [0.4, 0.5) is 5.82 Å². The van der Waals surface area contributed by atoms with Gasteiger partial charge in [-0.1, -0.05) is 6.07 Å². The average Bonchev–Trinajstić information content (AvgIpc) is 3.68. The number of fused-ring (bicyclic) bond motifs is 1. The zero-order chi connectivity index (χ0) is 27.2. The molecule has 1 aromatic carbocycles. The molecule has 0 atom stereocenters.